The number of piperidine rings is 1. The van der Waals surface area contributed by atoms with E-state index in [1.807, 2.05) is 18.2 Å². The minimum atomic E-state index is -0.487. The van der Waals surface area contributed by atoms with Gasteiger partial charge in [0.15, 0.2) is 0 Å². The van der Waals surface area contributed by atoms with E-state index in [1.54, 1.807) is 6.92 Å². The van der Waals surface area contributed by atoms with Gasteiger partial charge in [-0.25, -0.2) is 0 Å². The number of nitrogens with zero attached hydrogens (tertiary/aromatic N) is 1. The van der Waals surface area contributed by atoms with Crippen molar-refractivity contribution in [1.82, 2.24) is 0 Å². The molecule has 1 aromatic carbocycles. The average molecular weight is 320 g/mol. The SMILES string of the molecule is C[C@@H](N)C(=O)Nc1ccccc1N1CCCCC1.Cl.Cl. The number of nitrogens with two attached hydrogens (primary N) is 1. The lowest BCUT2D eigenvalue weighted by Crippen LogP contribution is -2.34. The fourth-order valence-corrected chi connectivity index (χ4v) is 2.24. The highest BCUT2D eigenvalue weighted by molar-refractivity contribution is 5.97. The van der Waals surface area contributed by atoms with Crippen molar-refractivity contribution in [2.45, 2.75) is 32.2 Å². The maximum Gasteiger partial charge on any atom is 0.241 e. The number of para-hydroxylation sites is 2. The van der Waals surface area contributed by atoms with Crippen LogP contribution in [-0.4, -0.2) is 25.0 Å². The molecule has 114 valence electrons. The molecule has 1 aliphatic rings. The fraction of sp³-hybridized carbons (Fsp3) is 0.500. The van der Waals surface area contributed by atoms with Crippen LogP contribution in [0.1, 0.15) is 26.2 Å². The van der Waals surface area contributed by atoms with Gasteiger partial charge in [-0.2, -0.15) is 0 Å². The third kappa shape index (κ3) is 4.85. The molecular formula is C14H23Cl2N3O. The van der Waals surface area contributed by atoms with Gasteiger partial charge in [-0.05, 0) is 38.3 Å². The molecule has 1 heterocycles. The first-order chi connectivity index (χ1) is 8.68. The van der Waals surface area contributed by atoms with Gasteiger partial charge in [-0.1, -0.05) is 12.1 Å². The standard InChI is InChI=1S/C14H21N3O.2ClH/c1-11(15)14(18)16-12-7-3-4-8-13(12)17-9-5-2-6-10-17;;/h3-4,7-8,11H,2,5-6,9-10,15H2,1H3,(H,16,18);2*1H/t11-;;/m1../s1. The maximum absolute atomic E-state index is 11.7. The zero-order chi connectivity index (χ0) is 13.0. The molecule has 4 nitrogen and oxygen atoms in total. The summed E-state index contributed by atoms with van der Waals surface area (Å²) in [7, 11) is 0. The summed E-state index contributed by atoms with van der Waals surface area (Å²) in [6.07, 6.45) is 3.73. The number of rotatable bonds is 3. The summed E-state index contributed by atoms with van der Waals surface area (Å²) < 4.78 is 0. The van der Waals surface area contributed by atoms with E-state index in [1.165, 1.54) is 19.3 Å². The van der Waals surface area contributed by atoms with Gasteiger partial charge in [0.1, 0.15) is 0 Å². The second-order valence-electron chi connectivity index (χ2n) is 4.84. The molecule has 0 saturated carbocycles. The van der Waals surface area contributed by atoms with Gasteiger partial charge in [0.2, 0.25) is 5.91 Å². The quantitative estimate of drug-likeness (QED) is 0.900. The van der Waals surface area contributed by atoms with E-state index in [2.05, 4.69) is 16.3 Å². The number of halogens is 2. The molecule has 6 heteroatoms. The van der Waals surface area contributed by atoms with Crippen LogP contribution < -0.4 is 16.0 Å². The number of nitrogens with one attached hydrogen (secondary N) is 1. The summed E-state index contributed by atoms with van der Waals surface area (Å²) in [6.45, 7) is 3.81. The summed E-state index contributed by atoms with van der Waals surface area (Å²) >= 11 is 0. The van der Waals surface area contributed by atoms with Crippen molar-refractivity contribution in [3.8, 4) is 0 Å². The molecule has 0 aromatic heterocycles. The van der Waals surface area contributed by atoms with Gasteiger partial charge < -0.3 is 16.0 Å². The van der Waals surface area contributed by atoms with Crippen molar-refractivity contribution in [1.29, 1.82) is 0 Å². The number of hydrogen-bond acceptors (Lipinski definition) is 3. The molecule has 1 amide bonds. The Bertz CT molecular complexity index is 421. The van der Waals surface area contributed by atoms with E-state index >= 15 is 0 Å². The van der Waals surface area contributed by atoms with E-state index < -0.39 is 6.04 Å². The van der Waals surface area contributed by atoms with Crippen LogP contribution in [0.3, 0.4) is 0 Å². The van der Waals surface area contributed by atoms with Crippen LogP contribution in [-0.2, 0) is 4.79 Å². The smallest absolute Gasteiger partial charge is 0.241 e. The van der Waals surface area contributed by atoms with Crippen molar-refractivity contribution >= 4 is 42.1 Å². The van der Waals surface area contributed by atoms with Gasteiger partial charge in [0, 0.05) is 13.1 Å². The predicted molar refractivity (Wildman–Crippen MR) is 89.3 cm³/mol. The normalized spacial score (nSPS) is 15.6. The third-order valence-corrected chi connectivity index (χ3v) is 3.27. The Labute approximate surface area is 132 Å². The Balaban J connectivity index is 0.00000180. The van der Waals surface area contributed by atoms with Crippen molar-refractivity contribution in [3.05, 3.63) is 24.3 Å². The zero-order valence-electron chi connectivity index (χ0n) is 11.7. The lowest BCUT2D eigenvalue weighted by atomic mass is 10.1. The first-order valence-corrected chi connectivity index (χ1v) is 6.59. The summed E-state index contributed by atoms with van der Waals surface area (Å²) in [6, 6.07) is 7.45. The second-order valence-corrected chi connectivity index (χ2v) is 4.84. The fourth-order valence-electron chi connectivity index (χ4n) is 2.24. The van der Waals surface area contributed by atoms with E-state index in [9.17, 15) is 4.79 Å². The monoisotopic (exact) mass is 319 g/mol. The lowest BCUT2D eigenvalue weighted by Gasteiger charge is -2.30. The Morgan fingerprint density at radius 3 is 2.40 bits per heavy atom. The third-order valence-electron chi connectivity index (χ3n) is 3.27. The zero-order valence-corrected chi connectivity index (χ0v) is 13.3. The number of benzene rings is 1. The molecule has 0 unspecified atom stereocenters. The number of carbonyl (C=O) groups is 1. The molecule has 0 aliphatic carbocycles. The Morgan fingerprint density at radius 1 is 1.20 bits per heavy atom. The minimum absolute atomic E-state index is 0. The Morgan fingerprint density at radius 2 is 1.80 bits per heavy atom. The summed E-state index contributed by atoms with van der Waals surface area (Å²) in [5.74, 6) is -0.139. The van der Waals surface area contributed by atoms with Crippen LogP contribution in [0.4, 0.5) is 11.4 Å². The first-order valence-electron chi connectivity index (χ1n) is 6.59. The molecule has 3 N–H and O–H groups in total. The van der Waals surface area contributed by atoms with Crippen molar-refractivity contribution in [3.63, 3.8) is 0 Å². The van der Waals surface area contributed by atoms with Crippen LogP contribution in [0.15, 0.2) is 24.3 Å². The molecule has 0 radical (unpaired) electrons. The average Bonchev–Trinajstić information content (AvgIpc) is 2.40. The molecule has 0 spiro atoms. The van der Waals surface area contributed by atoms with Crippen LogP contribution in [0, 0.1) is 0 Å². The summed E-state index contributed by atoms with van der Waals surface area (Å²) in [5, 5.41) is 2.90. The van der Waals surface area contributed by atoms with Crippen molar-refractivity contribution in [2.24, 2.45) is 5.73 Å². The molecule has 1 aromatic rings. The largest absolute Gasteiger partial charge is 0.370 e. The summed E-state index contributed by atoms with van der Waals surface area (Å²) in [5.41, 5.74) is 7.55. The predicted octanol–water partition coefficient (Wildman–Crippen LogP) is 2.81. The lowest BCUT2D eigenvalue weighted by molar-refractivity contribution is -0.117. The molecule has 1 aliphatic heterocycles. The topological polar surface area (TPSA) is 58.4 Å². The van der Waals surface area contributed by atoms with Crippen LogP contribution >= 0.6 is 24.8 Å². The Hall–Kier alpha value is -0.970. The van der Waals surface area contributed by atoms with Gasteiger partial charge in [0.25, 0.3) is 0 Å². The molecule has 1 saturated heterocycles. The van der Waals surface area contributed by atoms with Crippen LogP contribution in [0.25, 0.3) is 0 Å². The highest BCUT2D eigenvalue weighted by Crippen LogP contribution is 2.28. The molecule has 1 atom stereocenters. The Kier molecular flexibility index (Phi) is 8.62. The molecule has 20 heavy (non-hydrogen) atoms. The number of amides is 1. The highest BCUT2D eigenvalue weighted by Gasteiger charge is 2.16. The van der Waals surface area contributed by atoms with E-state index in [0.717, 1.165) is 24.5 Å². The summed E-state index contributed by atoms with van der Waals surface area (Å²) in [4.78, 5) is 14.0. The van der Waals surface area contributed by atoms with Crippen LogP contribution in [0.2, 0.25) is 0 Å². The van der Waals surface area contributed by atoms with E-state index in [4.69, 9.17) is 5.73 Å². The van der Waals surface area contributed by atoms with Crippen molar-refractivity contribution in [2.75, 3.05) is 23.3 Å². The molecule has 0 bridgehead atoms. The van der Waals surface area contributed by atoms with E-state index in [0.29, 0.717) is 0 Å². The minimum Gasteiger partial charge on any atom is -0.370 e. The number of hydrogen-bond donors (Lipinski definition) is 2. The van der Waals surface area contributed by atoms with Gasteiger partial charge in [0.05, 0.1) is 17.4 Å². The second kappa shape index (κ2) is 9.06. The van der Waals surface area contributed by atoms with Gasteiger partial charge >= 0.3 is 0 Å². The van der Waals surface area contributed by atoms with Gasteiger partial charge in [-0.15, -0.1) is 24.8 Å². The molecular weight excluding hydrogens is 297 g/mol. The first kappa shape index (κ1) is 19.0. The number of anilines is 2. The maximum atomic E-state index is 11.7. The van der Waals surface area contributed by atoms with Crippen LogP contribution in [0.5, 0.6) is 0 Å². The van der Waals surface area contributed by atoms with Gasteiger partial charge in [-0.3, -0.25) is 4.79 Å². The molecule has 2 rings (SSSR count). The highest BCUT2D eigenvalue weighted by atomic mass is 35.5. The number of carbonyl (C=O) groups excluding carboxylic acids is 1. The van der Waals surface area contributed by atoms with E-state index in [-0.39, 0.29) is 30.7 Å². The van der Waals surface area contributed by atoms with Crippen molar-refractivity contribution < 1.29 is 4.79 Å². The molecule has 1 fully saturated rings.